The second-order valence-electron chi connectivity index (χ2n) is 2.82. The Morgan fingerprint density at radius 2 is 2.15 bits per heavy atom. The highest BCUT2D eigenvalue weighted by atomic mass is 32.2. The van der Waals surface area contributed by atoms with E-state index < -0.39 is 9.84 Å². The van der Waals surface area contributed by atoms with Crippen molar-refractivity contribution in [1.29, 1.82) is 0 Å². The molecule has 68 valence electrons. The Bertz CT molecular complexity index is 509. The SMILES string of the molecule is CS(=O)(=O)c1cn2ccccc2n1. The average Bonchev–Trinajstić information content (AvgIpc) is 2.45. The molecule has 2 aromatic heterocycles. The summed E-state index contributed by atoms with van der Waals surface area (Å²) in [6.07, 6.45) is 4.41. The Labute approximate surface area is 75.8 Å². The summed E-state index contributed by atoms with van der Waals surface area (Å²) < 4.78 is 23.9. The molecule has 0 aliphatic carbocycles. The minimum Gasteiger partial charge on any atom is -0.306 e. The van der Waals surface area contributed by atoms with E-state index in [0.717, 1.165) is 6.26 Å². The first-order valence-corrected chi connectivity index (χ1v) is 5.60. The fraction of sp³-hybridized carbons (Fsp3) is 0.125. The monoisotopic (exact) mass is 196 g/mol. The number of imidazole rings is 1. The molecule has 13 heavy (non-hydrogen) atoms. The molecule has 2 rings (SSSR count). The molecular weight excluding hydrogens is 188 g/mol. The zero-order valence-corrected chi connectivity index (χ0v) is 7.82. The molecule has 2 heterocycles. The van der Waals surface area contributed by atoms with E-state index in [4.69, 9.17) is 0 Å². The maximum absolute atomic E-state index is 11.1. The summed E-state index contributed by atoms with van der Waals surface area (Å²) in [5.41, 5.74) is 0.642. The molecule has 4 nitrogen and oxygen atoms in total. The Morgan fingerprint density at radius 3 is 2.77 bits per heavy atom. The zero-order valence-electron chi connectivity index (χ0n) is 7.01. The molecule has 0 N–H and O–H groups in total. The lowest BCUT2D eigenvalue weighted by Crippen LogP contribution is -1.96. The molecule has 0 aromatic carbocycles. The molecule has 0 aliphatic heterocycles. The number of pyridine rings is 1. The molecule has 0 spiro atoms. The van der Waals surface area contributed by atoms with Crippen molar-refractivity contribution in [3.8, 4) is 0 Å². The van der Waals surface area contributed by atoms with Crippen molar-refractivity contribution in [2.45, 2.75) is 5.03 Å². The lowest BCUT2D eigenvalue weighted by Gasteiger charge is -1.86. The first-order valence-electron chi connectivity index (χ1n) is 3.71. The predicted molar refractivity (Wildman–Crippen MR) is 48.3 cm³/mol. The second-order valence-corrected chi connectivity index (χ2v) is 4.78. The van der Waals surface area contributed by atoms with E-state index in [0.29, 0.717) is 5.65 Å². The van der Waals surface area contributed by atoms with Crippen LogP contribution in [0, 0.1) is 0 Å². The van der Waals surface area contributed by atoms with Crippen molar-refractivity contribution in [2.24, 2.45) is 0 Å². The van der Waals surface area contributed by atoms with Gasteiger partial charge in [0, 0.05) is 18.6 Å². The second kappa shape index (κ2) is 2.56. The van der Waals surface area contributed by atoms with Gasteiger partial charge in [0.2, 0.25) is 0 Å². The molecular formula is C8H8N2O2S. The lowest BCUT2D eigenvalue weighted by atomic mass is 10.5. The summed E-state index contributed by atoms with van der Waals surface area (Å²) in [6.45, 7) is 0. The van der Waals surface area contributed by atoms with Gasteiger partial charge < -0.3 is 4.40 Å². The maximum Gasteiger partial charge on any atom is 0.194 e. The van der Waals surface area contributed by atoms with Crippen molar-refractivity contribution >= 4 is 15.5 Å². The standard InChI is InChI=1S/C8H8N2O2S/c1-13(11,12)8-6-10-5-3-2-4-7(10)9-8/h2-6H,1H3. The summed E-state index contributed by atoms with van der Waals surface area (Å²) in [5.74, 6) is 0. The lowest BCUT2D eigenvalue weighted by molar-refractivity contribution is 0.599. The van der Waals surface area contributed by atoms with Crippen LogP contribution in [0.4, 0.5) is 0 Å². The van der Waals surface area contributed by atoms with Gasteiger partial charge in [0.1, 0.15) is 5.65 Å². The van der Waals surface area contributed by atoms with Crippen molar-refractivity contribution < 1.29 is 8.42 Å². The van der Waals surface area contributed by atoms with Gasteiger partial charge in [-0.1, -0.05) is 6.07 Å². The van der Waals surface area contributed by atoms with Gasteiger partial charge in [0.25, 0.3) is 0 Å². The van der Waals surface area contributed by atoms with Gasteiger partial charge in [-0.05, 0) is 12.1 Å². The molecule has 0 saturated heterocycles. The first kappa shape index (κ1) is 8.25. The summed E-state index contributed by atoms with van der Waals surface area (Å²) in [5, 5.41) is 0.110. The first-order chi connectivity index (χ1) is 6.07. The van der Waals surface area contributed by atoms with Crippen LogP contribution in [0.15, 0.2) is 35.6 Å². The molecule has 5 heteroatoms. The van der Waals surface area contributed by atoms with Gasteiger partial charge >= 0.3 is 0 Å². The van der Waals surface area contributed by atoms with Crippen molar-refractivity contribution in [3.05, 3.63) is 30.6 Å². The number of hydrogen-bond donors (Lipinski definition) is 0. The number of sulfone groups is 1. The van der Waals surface area contributed by atoms with Crippen LogP contribution in [0.2, 0.25) is 0 Å². The van der Waals surface area contributed by atoms with Gasteiger partial charge in [-0.25, -0.2) is 13.4 Å². The van der Waals surface area contributed by atoms with Crippen molar-refractivity contribution in [2.75, 3.05) is 6.26 Å². The van der Waals surface area contributed by atoms with Gasteiger partial charge in [-0.2, -0.15) is 0 Å². The molecule has 0 amide bonds. The average molecular weight is 196 g/mol. The summed E-state index contributed by atoms with van der Waals surface area (Å²) >= 11 is 0. The van der Waals surface area contributed by atoms with Crippen LogP contribution in [0.25, 0.3) is 5.65 Å². The predicted octanol–water partition coefficient (Wildman–Crippen LogP) is 0.738. The molecule has 0 unspecified atom stereocenters. The van der Waals surface area contributed by atoms with Crippen LogP contribution in [0.3, 0.4) is 0 Å². The summed E-state index contributed by atoms with van der Waals surface area (Å²) in [7, 11) is -3.20. The maximum atomic E-state index is 11.1. The molecule has 0 saturated carbocycles. The minimum atomic E-state index is -3.20. The third kappa shape index (κ3) is 1.42. The number of aromatic nitrogens is 2. The van der Waals surface area contributed by atoms with Crippen LogP contribution >= 0.6 is 0 Å². The molecule has 2 aromatic rings. The molecule has 0 aliphatic rings. The van der Waals surface area contributed by atoms with Gasteiger partial charge in [-0.3, -0.25) is 0 Å². The van der Waals surface area contributed by atoms with Gasteiger partial charge in [-0.15, -0.1) is 0 Å². The third-order valence-corrected chi connectivity index (χ3v) is 2.68. The van der Waals surface area contributed by atoms with Gasteiger partial charge in [0.05, 0.1) is 0 Å². The van der Waals surface area contributed by atoms with E-state index in [1.165, 1.54) is 6.20 Å². The highest BCUT2D eigenvalue weighted by molar-refractivity contribution is 7.90. The van der Waals surface area contributed by atoms with E-state index in [1.807, 2.05) is 12.1 Å². The van der Waals surface area contributed by atoms with E-state index in [9.17, 15) is 8.42 Å². The highest BCUT2D eigenvalue weighted by Crippen LogP contribution is 2.09. The van der Waals surface area contributed by atoms with Crippen LogP contribution in [0.1, 0.15) is 0 Å². The number of nitrogens with zero attached hydrogens (tertiary/aromatic N) is 2. The van der Waals surface area contributed by atoms with Crippen molar-refractivity contribution in [1.82, 2.24) is 9.38 Å². The van der Waals surface area contributed by atoms with E-state index in [1.54, 1.807) is 16.7 Å². The fourth-order valence-electron chi connectivity index (χ4n) is 1.09. The smallest absolute Gasteiger partial charge is 0.194 e. The van der Waals surface area contributed by atoms with Crippen LogP contribution in [-0.4, -0.2) is 24.1 Å². The molecule has 0 fully saturated rings. The molecule has 0 atom stereocenters. The third-order valence-electron chi connectivity index (χ3n) is 1.72. The Balaban J connectivity index is 2.77. The van der Waals surface area contributed by atoms with Crippen LogP contribution in [-0.2, 0) is 9.84 Å². The van der Waals surface area contributed by atoms with Crippen LogP contribution in [0.5, 0.6) is 0 Å². The van der Waals surface area contributed by atoms with E-state index in [2.05, 4.69) is 4.98 Å². The minimum absolute atomic E-state index is 0.110. The zero-order chi connectivity index (χ0) is 9.47. The van der Waals surface area contributed by atoms with E-state index in [-0.39, 0.29) is 5.03 Å². The Hall–Kier alpha value is -1.36. The topological polar surface area (TPSA) is 51.4 Å². The van der Waals surface area contributed by atoms with E-state index >= 15 is 0 Å². The number of fused-ring (bicyclic) bond motifs is 1. The van der Waals surface area contributed by atoms with Gasteiger partial charge in [0.15, 0.2) is 14.9 Å². The Kier molecular flexibility index (Phi) is 1.63. The normalized spacial score (nSPS) is 12.1. The number of rotatable bonds is 1. The fourth-order valence-corrected chi connectivity index (χ4v) is 1.65. The van der Waals surface area contributed by atoms with Crippen molar-refractivity contribution in [3.63, 3.8) is 0 Å². The summed E-state index contributed by atoms with van der Waals surface area (Å²) in [4.78, 5) is 3.96. The summed E-state index contributed by atoms with van der Waals surface area (Å²) in [6, 6.07) is 5.39. The molecule has 0 radical (unpaired) electrons. The quantitative estimate of drug-likeness (QED) is 0.676. The number of hydrogen-bond acceptors (Lipinski definition) is 3. The largest absolute Gasteiger partial charge is 0.306 e. The van der Waals surface area contributed by atoms with Crippen LogP contribution < -0.4 is 0 Å². The Morgan fingerprint density at radius 1 is 1.38 bits per heavy atom. The highest BCUT2D eigenvalue weighted by Gasteiger charge is 2.10. The molecule has 0 bridgehead atoms.